The largest absolute Gasteiger partial charge is 0.387 e. The van der Waals surface area contributed by atoms with E-state index < -0.39 is 14.2 Å². The fraction of sp³-hybridized carbons (Fsp3) is 0.440. The summed E-state index contributed by atoms with van der Waals surface area (Å²) in [6.07, 6.45) is 6.82. The Morgan fingerprint density at radius 3 is 2.18 bits per heavy atom. The second-order valence-corrected chi connectivity index (χ2v) is 13.4. The summed E-state index contributed by atoms with van der Waals surface area (Å²) in [7, 11) is -1.66. The summed E-state index contributed by atoms with van der Waals surface area (Å²) in [6, 6.07) is 22.1. The summed E-state index contributed by atoms with van der Waals surface area (Å²) in [5.74, 6) is 0.647. The molecule has 2 aromatic rings. The van der Waals surface area contributed by atoms with E-state index in [1.54, 1.807) is 5.20 Å². The van der Waals surface area contributed by atoms with Crippen molar-refractivity contribution < 1.29 is 9.84 Å². The Hall–Kier alpha value is -1.68. The molecule has 0 spiro atoms. The number of ether oxygens (including phenoxy) is 1. The summed E-state index contributed by atoms with van der Waals surface area (Å²) < 4.78 is 5.80. The van der Waals surface area contributed by atoms with Gasteiger partial charge in [0.1, 0.15) is 0 Å². The Balaban J connectivity index is 1.67. The zero-order valence-corrected chi connectivity index (χ0v) is 18.3. The molecular weight excluding hydrogens is 360 g/mol. The van der Waals surface area contributed by atoms with Crippen LogP contribution in [0.5, 0.6) is 0 Å². The van der Waals surface area contributed by atoms with Gasteiger partial charge in [0.15, 0.2) is 0 Å². The monoisotopic (exact) mass is 394 g/mol. The lowest BCUT2D eigenvalue weighted by atomic mass is 10.1. The first kappa shape index (κ1) is 21.0. The Labute approximate surface area is 171 Å². The van der Waals surface area contributed by atoms with Crippen LogP contribution in [-0.2, 0) is 17.4 Å². The van der Waals surface area contributed by atoms with Crippen LogP contribution in [0.15, 0.2) is 71.9 Å². The molecule has 2 nitrogen and oxygen atoms in total. The quantitative estimate of drug-likeness (QED) is 0.552. The number of benzene rings is 2. The van der Waals surface area contributed by atoms with Crippen LogP contribution in [0.3, 0.4) is 0 Å². The molecule has 0 aliphatic heterocycles. The van der Waals surface area contributed by atoms with Gasteiger partial charge < -0.3 is 9.84 Å². The third kappa shape index (κ3) is 6.16. The van der Waals surface area contributed by atoms with E-state index in [0.717, 1.165) is 11.6 Å². The first-order chi connectivity index (χ1) is 13.5. The van der Waals surface area contributed by atoms with Crippen molar-refractivity contribution in [2.24, 2.45) is 5.92 Å². The van der Waals surface area contributed by atoms with Crippen molar-refractivity contribution in [1.82, 2.24) is 0 Å². The maximum Gasteiger partial charge on any atom is 0.0953 e. The lowest BCUT2D eigenvalue weighted by molar-refractivity contribution is 0.0500. The van der Waals surface area contributed by atoms with Crippen LogP contribution in [0.4, 0.5) is 0 Å². The number of aliphatic hydroxyl groups excluding tert-OH is 1. The second kappa shape index (κ2) is 10.2. The normalized spacial score (nSPS) is 17.0. The summed E-state index contributed by atoms with van der Waals surface area (Å²) in [5.41, 5.74) is 2.56. The summed E-state index contributed by atoms with van der Waals surface area (Å²) in [4.78, 5) is 0. The van der Waals surface area contributed by atoms with E-state index >= 15 is 0 Å². The molecule has 1 aliphatic rings. The number of hydrogen-bond acceptors (Lipinski definition) is 2. The van der Waals surface area contributed by atoms with Gasteiger partial charge in [-0.25, -0.2) is 0 Å². The van der Waals surface area contributed by atoms with Gasteiger partial charge >= 0.3 is 0 Å². The molecule has 2 aromatic carbocycles. The van der Waals surface area contributed by atoms with Crippen molar-refractivity contribution >= 4 is 8.07 Å². The third-order valence-corrected chi connectivity index (χ3v) is 9.27. The molecule has 0 heterocycles. The predicted molar refractivity (Wildman–Crippen MR) is 120 cm³/mol. The van der Waals surface area contributed by atoms with Crippen LogP contribution in [0.2, 0.25) is 13.1 Å². The fourth-order valence-electron chi connectivity index (χ4n) is 4.49. The molecule has 0 radical (unpaired) electrons. The lowest BCUT2D eigenvalue weighted by Crippen LogP contribution is -2.37. The molecule has 1 N–H and O–H groups in total. The zero-order chi connectivity index (χ0) is 19.8. The first-order valence-corrected chi connectivity index (χ1v) is 13.8. The van der Waals surface area contributed by atoms with E-state index in [-0.39, 0.29) is 0 Å². The fourth-order valence-corrected chi connectivity index (χ4v) is 7.98. The van der Waals surface area contributed by atoms with E-state index in [2.05, 4.69) is 61.6 Å². The summed E-state index contributed by atoms with van der Waals surface area (Å²) in [5, 5.41) is 12.3. The molecule has 0 amide bonds. The molecule has 0 bridgehead atoms. The van der Waals surface area contributed by atoms with Gasteiger partial charge in [0.05, 0.1) is 27.4 Å². The van der Waals surface area contributed by atoms with Crippen LogP contribution in [0.25, 0.3) is 0 Å². The van der Waals surface area contributed by atoms with Crippen molar-refractivity contribution in [3.05, 3.63) is 83.1 Å². The molecule has 3 rings (SSSR count). The minimum atomic E-state index is -1.66. The lowest BCUT2D eigenvalue weighted by Gasteiger charge is -2.31. The number of allylic oxidation sites excluding steroid dienone is 1. The minimum absolute atomic E-state index is 0.362. The van der Waals surface area contributed by atoms with Crippen LogP contribution in [0, 0.1) is 5.92 Å². The SMILES string of the molecule is C[Si](C)(Cc1ccccc1)/C(=C/C(O)COCc1ccccc1)C1CCCC1. The van der Waals surface area contributed by atoms with Gasteiger partial charge in [0.25, 0.3) is 0 Å². The average Bonchev–Trinajstić information content (AvgIpc) is 3.21. The zero-order valence-electron chi connectivity index (χ0n) is 17.3. The maximum atomic E-state index is 10.7. The van der Waals surface area contributed by atoms with Crippen LogP contribution < -0.4 is 0 Å². The second-order valence-electron chi connectivity index (χ2n) is 8.72. The average molecular weight is 395 g/mol. The van der Waals surface area contributed by atoms with E-state index in [1.807, 2.05) is 18.2 Å². The van der Waals surface area contributed by atoms with Crippen LogP contribution in [-0.4, -0.2) is 25.9 Å². The third-order valence-electron chi connectivity index (χ3n) is 5.84. The van der Waals surface area contributed by atoms with Gasteiger partial charge in [-0.3, -0.25) is 0 Å². The minimum Gasteiger partial charge on any atom is -0.387 e. The smallest absolute Gasteiger partial charge is 0.0953 e. The van der Waals surface area contributed by atoms with Crippen LogP contribution >= 0.6 is 0 Å². The van der Waals surface area contributed by atoms with Crippen molar-refractivity contribution in [3.8, 4) is 0 Å². The molecule has 0 saturated heterocycles. The van der Waals surface area contributed by atoms with Gasteiger partial charge in [0.2, 0.25) is 0 Å². The Bertz CT molecular complexity index is 734. The molecule has 1 unspecified atom stereocenters. The van der Waals surface area contributed by atoms with Crippen LogP contribution in [0.1, 0.15) is 36.8 Å². The molecule has 150 valence electrons. The molecule has 1 saturated carbocycles. The number of hydrogen-bond donors (Lipinski definition) is 1. The van der Waals surface area contributed by atoms with E-state index in [0.29, 0.717) is 19.1 Å². The van der Waals surface area contributed by atoms with E-state index in [4.69, 9.17) is 4.74 Å². The standard InChI is InChI=1S/C25H34O2Si/c1-28(2,20-22-13-7-4-8-14-22)25(23-15-9-10-16-23)17-24(26)19-27-18-21-11-5-3-6-12-21/h3-8,11-14,17,23-24,26H,9-10,15-16,18-20H2,1-2H3/b25-17+. The van der Waals surface area contributed by atoms with Gasteiger partial charge in [-0.1, -0.05) is 103 Å². The van der Waals surface area contributed by atoms with Crippen molar-refractivity contribution in [1.29, 1.82) is 0 Å². The molecule has 1 atom stereocenters. The molecule has 1 aliphatic carbocycles. The van der Waals surface area contributed by atoms with Crippen molar-refractivity contribution in [2.75, 3.05) is 6.61 Å². The van der Waals surface area contributed by atoms with E-state index in [9.17, 15) is 5.11 Å². The molecule has 3 heteroatoms. The Morgan fingerprint density at radius 1 is 1.00 bits per heavy atom. The number of rotatable bonds is 9. The van der Waals surface area contributed by atoms with Crippen molar-refractivity contribution in [3.63, 3.8) is 0 Å². The molecule has 1 fully saturated rings. The highest BCUT2D eigenvalue weighted by Gasteiger charge is 2.33. The predicted octanol–water partition coefficient (Wildman–Crippen LogP) is 5.71. The summed E-state index contributed by atoms with van der Waals surface area (Å²) >= 11 is 0. The van der Waals surface area contributed by atoms with Gasteiger partial charge in [-0.15, -0.1) is 0 Å². The first-order valence-electron chi connectivity index (χ1n) is 10.6. The number of aliphatic hydroxyl groups is 1. The highest BCUT2D eigenvalue weighted by Crippen LogP contribution is 2.37. The highest BCUT2D eigenvalue weighted by molar-refractivity contribution is 6.83. The Morgan fingerprint density at radius 2 is 1.57 bits per heavy atom. The van der Waals surface area contributed by atoms with Gasteiger partial charge in [-0.05, 0) is 30.4 Å². The Kier molecular flexibility index (Phi) is 7.66. The molecule has 28 heavy (non-hydrogen) atoms. The summed E-state index contributed by atoms with van der Waals surface area (Å²) in [6.45, 7) is 5.83. The van der Waals surface area contributed by atoms with E-state index in [1.165, 1.54) is 31.2 Å². The van der Waals surface area contributed by atoms with Gasteiger partial charge in [0, 0.05) is 0 Å². The highest BCUT2D eigenvalue weighted by atomic mass is 28.3. The van der Waals surface area contributed by atoms with Crippen molar-refractivity contribution in [2.45, 2.75) is 57.5 Å². The molecular formula is C25H34O2Si. The maximum absolute atomic E-state index is 10.7. The van der Waals surface area contributed by atoms with Gasteiger partial charge in [-0.2, -0.15) is 0 Å². The molecule has 0 aromatic heterocycles. The topological polar surface area (TPSA) is 29.5 Å².